The highest BCUT2D eigenvalue weighted by Crippen LogP contribution is 2.13. The molecule has 4 nitrogen and oxygen atoms in total. The van der Waals surface area contributed by atoms with E-state index in [-0.39, 0.29) is 36.6 Å². The van der Waals surface area contributed by atoms with Crippen LogP contribution in [0, 0.1) is 5.82 Å². The number of amides is 2. The van der Waals surface area contributed by atoms with Crippen LogP contribution in [0.2, 0.25) is 5.02 Å². The average molecular weight is 349 g/mol. The Labute approximate surface area is 145 Å². The molecule has 0 aliphatic carbocycles. The third kappa shape index (κ3) is 5.35. The number of carbonyl (C=O) groups excluding carboxylic acids is 2. The second-order valence-electron chi connectivity index (χ2n) is 5.35. The van der Waals surface area contributed by atoms with E-state index in [2.05, 4.69) is 10.6 Å². The second kappa shape index (κ2) is 8.45. The molecule has 126 valence electrons. The standard InChI is InChI=1S/C18H18ClFN2O2/c1-12(13-4-8-16(20)9-5-13)22-17(23)10-11-21-18(24)14-2-6-15(19)7-3-14/h2-9,12H,10-11H2,1H3,(H,21,24)(H,22,23)/t12-/m0/s1. The lowest BCUT2D eigenvalue weighted by Crippen LogP contribution is -2.32. The van der Waals surface area contributed by atoms with Gasteiger partial charge in [0.25, 0.3) is 5.91 Å². The van der Waals surface area contributed by atoms with Gasteiger partial charge in [-0.2, -0.15) is 0 Å². The number of carbonyl (C=O) groups is 2. The third-order valence-electron chi connectivity index (χ3n) is 3.49. The Morgan fingerprint density at radius 1 is 1.08 bits per heavy atom. The Hall–Kier alpha value is -2.40. The van der Waals surface area contributed by atoms with Crippen LogP contribution >= 0.6 is 11.6 Å². The van der Waals surface area contributed by atoms with Gasteiger partial charge in [-0.05, 0) is 48.9 Å². The van der Waals surface area contributed by atoms with Crippen LogP contribution < -0.4 is 10.6 Å². The minimum Gasteiger partial charge on any atom is -0.352 e. The minimum absolute atomic E-state index is 0.158. The highest BCUT2D eigenvalue weighted by molar-refractivity contribution is 6.30. The van der Waals surface area contributed by atoms with E-state index in [1.165, 1.54) is 12.1 Å². The molecule has 2 rings (SSSR count). The molecular weight excluding hydrogens is 331 g/mol. The number of rotatable bonds is 6. The van der Waals surface area contributed by atoms with E-state index >= 15 is 0 Å². The molecule has 2 N–H and O–H groups in total. The minimum atomic E-state index is -0.317. The lowest BCUT2D eigenvalue weighted by Gasteiger charge is -2.14. The van der Waals surface area contributed by atoms with E-state index in [4.69, 9.17) is 11.6 Å². The zero-order valence-corrected chi connectivity index (χ0v) is 13.9. The lowest BCUT2D eigenvalue weighted by atomic mass is 10.1. The van der Waals surface area contributed by atoms with Crippen molar-refractivity contribution in [1.82, 2.24) is 10.6 Å². The van der Waals surface area contributed by atoms with Gasteiger partial charge in [0.2, 0.25) is 5.91 Å². The summed E-state index contributed by atoms with van der Waals surface area (Å²) < 4.78 is 12.9. The molecule has 0 fully saturated rings. The van der Waals surface area contributed by atoms with Crippen LogP contribution in [0.15, 0.2) is 48.5 Å². The van der Waals surface area contributed by atoms with Gasteiger partial charge in [0.15, 0.2) is 0 Å². The van der Waals surface area contributed by atoms with E-state index in [9.17, 15) is 14.0 Å². The molecule has 1 atom stereocenters. The molecule has 0 radical (unpaired) electrons. The molecule has 2 aromatic rings. The molecule has 0 spiro atoms. The maximum atomic E-state index is 12.9. The largest absolute Gasteiger partial charge is 0.352 e. The van der Waals surface area contributed by atoms with Gasteiger partial charge in [0.05, 0.1) is 6.04 Å². The number of hydrogen-bond donors (Lipinski definition) is 2. The monoisotopic (exact) mass is 348 g/mol. The van der Waals surface area contributed by atoms with Crippen molar-refractivity contribution in [3.63, 3.8) is 0 Å². The van der Waals surface area contributed by atoms with Crippen molar-refractivity contribution in [2.45, 2.75) is 19.4 Å². The Morgan fingerprint density at radius 3 is 2.33 bits per heavy atom. The smallest absolute Gasteiger partial charge is 0.251 e. The normalized spacial score (nSPS) is 11.6. The van der Waals surface area contributed by atoms with Gasteiger partial charge < -0.3 is 10.6 Å². The highest BCUT2D eigenvalue weighted by Gasteiger charge is 2.10. The van der Waals surface area contributed by atoms with E-state index in [0.29, 0.717) is 10.6 Å². The summed E-state index contributed by atoms with van der Waals surface area (Å²) in [4.78, 5) is 23.8. The van der Waals surface area contributed by atoms with Gasteiger partial charge in [0, 0.05) is 23.6 Å². The van der Waals surface area contributed by atoms with Gasteiger partial charge in [-0.15, -0.1) is 0 Å². The van der Waals surface area contributed by atoms with Crippen molar-refractivity contribution < 1.29 is 14.0 Å². The number of hydrogen-bond acceptors (Lipinski definition) is 2. The lowest BCUT2D eigenvalue weighted by molar-refractivity contribution is -0.121. The van der Waals surface area contributed by atoms with Crippen molar-refractivity contribution in [2.24, 2.45) is 0 Å². The Balaban J connectivity index is 1.75. The molecule has 0 heterocycles. The summed E-state index contributed by atoms with van der Waals surface area (Å²) in [6.07, 6.45) is 0.158. The first-order valence-electron chi connectivity index (χ1n) is 7.54. The quantitative estimate of drug-likeness (QED) is 0.839. The topological polar surface area (TPSA) is 58.2 Å². The van der Waals surface area contributed by atoms with Crippen molar-refractivity contribution in [3.8, 4) is 0 Å². The van der Waals surface area contributed by atoms with E-state index in [1.54, 1.807) is 36.4 Å². The maximum absolute atomic E-state index is 12.9. The van der Waals surface area contributed by atoms with E-state index in [1.807, 2.05) is 6.92 Å². The maximum Gasteiger partial charge on any atom is 0.251 e. The fraction of sp³-hybridized carbons (Fsp3) is 0.222. The zero-order chi connectivity index (χ0) is 17.5. The van der Waals surface area contributed by atoms with Crippen molar-refractivity contribution in [2.75, 3.05) is 6.54 Å². The van der Waals surface area contributed by atoms with Gasteiger partial charge in [-0.25, -0.2) is 4.39 Å². The summed E-state index contributed by atoms with van der Waals surface area (Å²) in [5.74, 6) is -0.767. The molecule has 0 aliphatic rings. The molecular formula is C18H18ClFN2O2. The van der Waals surface area contributed by atoms with Crippen LogP contribution in [0.5, 0.6) is 0 Å². The number of nitrogens with one attached hydrogen (secondary N) is 2. The summed E-state index contributed by atoms with van der Waals surface area (Å²) in [5.41, 5.74) is 1.30. The van der Waals surface area contributed by atoms with Gasteiger partial charge in [-0.1, -0.05) is 23.7 Å². The van der Waals surface area contributed by atoms with Gasteiger partial charge in [-0.3, -0.25) is 9.59 Å². The fourth-order valence-electron chi connectivity index (χ4n) is 2.14. The molecule has 0 aliphatic heterocycles. The zero-order valence-electron chi connectivity index (χ0n) is 13.2. The Kier molecular flexibility index (Phi) is 6.32. The number of benzene rings is 2. The van der Waals surface area contributed by atoms with Crippen LogP contribution in [0.3, 0.4) is 0 Å². The molecule has 2 amide bonds. The van der Waals surface area contributed by atoms with Crippen molar-refractivity contribution >= 4 is 23.4 Å². The SMILES string of the molecule is C[C@H](NC(=O)CCNC(=O)c1ccc(Cl)cc1)c1ccc(F)cc1. The van der Waals surface area contributed by atoms with Crippen LogP contribution in [0.4, 0.5) is 4.39 Å². The fourth-order valence-corrected chi connectivity index (χ4v) is 2.27. The summed E-state index contributed by atoms with van der Waals surface area (Å²) in [6.45, 7) is 2.04. The molecule has 0 bridgehead atoms. The Bertz CT molecular complexity index is 702. The molecule has 2 aromatic carbocycles. The van der Waals surface area contributed by atoms with Crippen LogP contribution in [0.1, 0.15) is 35.3 Å². The predicted molar refractivity (Wildman–Crippen MR) is 91.4 cm³/mol. The molecule has 0 saturated heterocycles. The van der Waals surface area contributed by atoms with Crippen LogP contribution in [0.25, 0.3) is 0 Å². The first-order valence-corrected chi connectivity index (χ1v) is 7.92. The summed E-state index contributed by atoms with van der Waals surface area (Å²) in [6, 6.07) is 12.2. The molecule has 0 unspecified atom stereocenters. The second-order valence-corrected chi connectivity index (χ2v) is 5.79. The summed E-state index contributed by atoms with van der Waals surface area (Å²) >= 11 is 5.76. The van der Waals surface area contributed by atoms with Crippen LogP contribution in [-0.4, -0.2) is 18.4 Å². The van der Waals surface area contributed by atoms with Gasteiger partial charge in [0.1, 0.15) is 5.82 Å². The molecule has 0 saturated carbocycles. The Morgan fingerprint density at radius 2 is 1.71 bits per heavy atom. The number of halogens is 2. The third-order valence-corrected chi connectivity index (χ3v) is 3.74. The van der Waals surface area contributed by atoms with E-state index < -0.39 is 0 Å². The highest BCUT2D eigenvalue weighted by atomic mass is 35.5. The predicted octanol–water partition coefficient (Wildman–Crippen LogP) is 3.48. The average Bonchev–Trinajstić information content (AvgIpc) is 2.55. The first kappa shape index (κ1) is 17.9. The molecule has 0 aromatic heterocycles. The molecule has 24 heavy (non-hydrogen) atoms. The molecule has 6 heteroatoms. The first-order chi connectivity index (χ1) is 11.5. The van der Waals surface area contributed by atoms with Gasteiger partial charge >= 0.3 is 0 Å². The summed E-state index contributed by atoms with van der Waals surface area (Å²) in [5, 5.41) is 6.04. The van der Waals surface area contributed by atoms with E-state index in [0.717, 1.165) is 5.56 Å². The van der Waals surface area contributed by atoms with Crippen molar-refractivity contribution in [1.29, 1.82) is 0 Å². The van der Waals surface area contributed by atoms with Crippen molar-refractivity contribution in [3.05, 3.63) is 70.5 Å². The van der Waals surface area contributed by atoms with Crippen LogP contribution in [-0.2, 0) is 4.79 Å². The summed E-state index contributed by atoms with van der Waals surface area (Å²) in [7, 11) is 0.